The van der Waals surface area contributed by atoms with Crippen molar-refractivity contribution >= 4 is 11.8 Å². The largest absolute Gasteiger partial charge is 0.487 e. The van der Waals surface area contributed by atoms with E-state index in [1.165, 1.54) is 0 Å². The van der Waals surface area contributed by atoms with E-state index < -0.39 is 0 Å². The lowest BCUT2D eigenvalue weighted by molar-refractivity contribution is -0.137. The molecule has 184 valence electrons. The summed E-state index contributed by atoms with van der Waals surface area (Å²) in [6.45, 7) is 8.75. The third-order valence-electron chi connectivity index (χ3n) is 6.97. The number of amides is 2. The van der Waals surface area contributed by atoms with Crippen LogP contribution < -0.4 is 4.74 Å². The molecule has 1 fully saturated rings. The number of hydrogen-bond donors (Lipinski definition) is 0. The van der Waals surface area contributed by atoms with Crippen molar-refractivity contribution in [3.8, 4) is 5.75 Å². The number of rotatable bonds is 4. The van der Waals surface area contributed by atoms with Gasteiger partial charge in [-0.25, -0.2) is 0 Å². The number of fused-ring (bicyclic) bond motifs is 2. The van der Waals surface area contributed by atoms with Crippen molar-refractivity contribution in [2.75, 3.05) is 19.6 Å². The predicted octanol–water partition coefficient (Wildman–Crippen LogP) is 6.07. The summed E-state index contributed by atoms with van der Waals surface area (Å²) in [5.74, 6) is 1.35. The van der Waals surface area contributed by atoms with Gasteiger partial charge in [0.15, 0.2) is 0 Å². The molecule has 2 aliphatic rings. The van der Waals surface area contributed by atoms with Gasteiger partial charge >= 0.3 is 0 Å². The molecular formula is C28H44N2O3. The van der Waals surface area contributed by atoms with Gasteiger partial charge < -0.3 is 14.5 Å². The molecule has 2 atom stereocenters. The molecule has 1 heterocycles. The van der Waals surface area contributed by atoms with Crippen molar-refractivity contribution in [1.29, 1.82) is 0 Å². The maximum Gasteiger partial charge on any atom is 0.257 e. The molecule has 3 rings (SSSR count). The van der Waals surface area contributed by atoms with Crippen LogP contribution in [0.5, 0.6) is 5.75 Å². The van der Waals surface area contributed by atoms with E-state index in [4.69, 9.17) is 4.74 Å². The Kier molecular flexibility index (Phi) is 10.1. The molecule has 1 aliphatic carbocycles. The minimum Gasteiger partial charge on any atom is -0.487 e. The molecule has 0 saturated heterocycles. The molecular weight excluding hydrogens is 412 g/mol. The lowest BCUT2D eigenvalue weighted by Gasteiger charge is -2.40. The second-order valence-corrected chi connectivity index (χ2v) is 10.2. The molecule has 0 N–H and O–H groups in total. The fourth-order valence-corrected chi connectivity index (χ4v) is 5.29. The number of carbonyl (C=O) groups excluding carboxylic acids is 2. The molecule has 5 heteroatoms. The first-order valence-electron chi connectivity index (χ1n) is 13.4. The molecule has 0 aromatic heterocycles. The van der Waals surface area contributed by atoms with Crippen LogP contribution in [0.3, 0.4) is 0 Å². The van der Waals surface area contributed by atoms with Crippen LogP contribution in [0, 0.1) is 5.92 Å². The number of benzene rings is 1. The van der Waals surface area contributed by atoms with Crippen molar-refractivity contribution in [1.82, 2.24) is 9.80 Å². The second kappa shape index (κ2) is 13.0. The van der Waals surface area contributed by atoms with Crippen LogP contribution >= 0.6 is 0 Å². The molecule has 1 aromatic carbocycles. The fourth-order valence-electron chi connectivity index (χ4n) is 5.29. The summed E-state index contributed by atoms with van der Waals surface area (Å²) >= 11 is 0. The Hall–Kier alpha value is -2.04. The molecule has 5 nitrogen and oxygen atoms in total. The smallest absolute Gasteiger partial charge is 0.257 e. The highest BCUT2D eigenvalue weighted by Crippen LogP contribution is 2.31. The summed E-state index contributed by atoms with van der Waals surface area (Å²) in [5, 5.41) is 0. The van der Waals surface area contributed by atoms with Crippen molar-refractivity contribution in [3.05, 3.63) is 29.8 Å². The molecule has 0 bridgehead atoms. The Bertz CT molecular complexity index is 763. The Morgan fingerprint density at radius 2 is 1.70 bits per heavy atom. The van der Waals surface area contributed by atoms with Crippen LogP contribution in [-0.4, -0.2) is 53.4 Å². The first-order chi connectivity index (χ1) is 16.0. The molecule has 1 aromatic rings. The van der Waals surface area contributed by atoms with Crippen LogP contribution in [-0.2, 0) is 4.79 Å². The normalized spacial score (nSPS) is 23.2. The quantitative estimate of drug-likeness (QED) is 0.553. The highest BCUT2D eigenvalue weighted by Gasteiger charge is 2.35. The third kappa shape index (κ3) is 7.22. The Morgan fingerprint density at radius 1 is 1.00 bits per heavy atom. The van der Waals surface area contributed by atoms with E-state index in [1.807, 2.05) is 29.2 Å². The van der Waals surface area contributed by atoms with E-state index in [0.29, 0.717) is 23.7 Å². The van der Waals surface area contributed by atoms with Crippen LogP contribution in [0.15, 0.2) is 24.3 Å². The molecule has 0 unspecified atom stereocenters. The van der Waals surface area contributed by atoms with Gasteiger partial charge in [0, 0.05) is 26.1 Å². The van der Waals surface area contributed by atoms with Crippen molar-refractivity contribution < 1.29 is 14.3 Å². The van der Waals surface area contributed by atoms with Crippen molar-refractivity contribution in [2.45, 2.75) is 104 Å². The van der Waals surface area contributed by atoms with Gasteiger partial charge in [-0.2, -0.15) is 0 Å². The minimum absolute atomic E-state index is 0.0615. The van der Waals surface area contributed by atoms with E-state index in [9.17, 15) is 9.59 Å². The van der Waals surface area contributed by atoms with Gasteiger partial charge in [-0.3, -0.25) is 9.59 Å². The summed E-state index contributed by atoms with van der Waals surface area (Å²) in [5.41, 5.74) is 0.658. The van der Waals surface area contributed by atoms with Crippen LogP contribution in [0.2, 0.25) is 0 Å². The van der Waals surface area contributed by atoms with E-state index >= 15 is 0 Å². The molecule has 1 saturated carbocycles. The molecule has 1 aliphatic heterocycles. The molecule has 33 heavy (non-hydrogen) atoms. The Labute approximate surface area is 200 Å². The zero-order chi connectivity index (χ0) is 23.6. The predicted molar refractivity (Wildman–Crippen MR) is 134 cm³/mol. The van der Waals surface area contributed by atoms with E-state index in [0.717, 1.165) is 83.8 Å². The van der Waals surface area contributed by atoms with Gasteiger partial charge in [-0.15, -0.1) is 0 Å². The van der Waals surface area contributed by atoms with Crippen LogP contribution in [0.1, 0.15) is 102 Å². The Balaban J connectivity index is 1.92. The summed E-state index contributed by atoms with van der Waals surface area (Å²) in [6, 6.07) is 7.79. The average Bonchev–Trinajstić information content (AvgIpc) is 2.80. The lowest BCUT2D eigenvalue weighted by atomic mass is 9.90. The number of nitrogens with zero attached hydrogens (tertiary/aromatic N) is 2. The number of ether oxygens (including phenoxy) is 1. The monoisotopic (exact) mass is 456 g/mol. The van der Waals surface area contributed by atoms with Gasteiger partial charge in [0.2, 0.25) is 5.91 Å². The van der Waals surface area contributed by atoms with Crippen LogP contribution in [0.4, 0.5) is 0 Å². The summed E-state index contributed by atoms with van der Waals surface area (Å²) in [6.07, 6.45) is 11.1. The van der Waals surface area contributed by atoms with Gasteiger partial charge in [0.1, 0.15) is 11.9 Å². The van der Waals surface area contributed by atoms with Gasteiger partial charge in [-0.1, -0.05) is 58.6 Å². The topological polar surface area (TPSA) is 49.9 Å². The van der Waals surface area contributed by atoms with Gasteiger partial charge in [0.05, 0.1) is 11.6 Å². The average molecular weight is 457 g/mol. The zero-order valence-electron chi connectivity index (χ0n) is 21.1. The number of para-hydroxylation sites is 1. The third-order valence-corrected chi connectivity index (χ3v) is 6.97. The summed E-state index contributed by atoms with van der Waals surface area (Å²) in [4.78, 5) is 30.9. The van der Waals surface area contributed by atoms with Crippen LogP contribution in [0.25, 0.3) is 0 Å². The SMILES string of the molecule is CCCN1CCCCCCCN(C(=O)CC(C)C)[C@@H]2CCCC[C@@H]2Oc2ccccc2C1=O. The fraction of sp³-hybridized carbons (Fsp3) is 0.714. The lowest BCUT2D eigenvalue weighted by Crippen LogP contribution is -2.51. The number of hydrogen-bond acceptors (Lipinski definition) is 3. The minimum atomic E-state index is -0.0615. The van der Waals surface area contributed by atoms with E-state index in [1.54, 1.807) is 0 Å². The highest BCUT2D eigenvalue weighted by atomic mass is 16.5. The van der Waals surface area contributed by atoms with Gasteiger partial charge in [0.25, 0.3) is 5.91 Å². The van der Waals surface area contributed by atoms with Gasteiger partial charge in [-0.05, 0) is 56.6 Å². The highest BCUT2D eigenvalue weighted by molar-refractivity contribution is 5.97. The van der Waals surface area contributed by atoms with E-state index in [-0.39, 0.29) is 24.0 Å². The molecule has 0 radical (unpaired) electrons. The maximum atomic E-state index is 13.5. The first kappa shape index (κ1) is 25.6. The summed E-state index contributed by atoms with van der Waals surface area (Å²) < 4.78 is 6.62. The summed E-state index contributed by atoms with van der Waals surface area (Å²) in [7, 11) is 0. The zero-order valence-corrected chi connectivity index (χ0v) is 21.1. The maximum absolute atomic E-state index is 13.5. The first-order valence-corrected chi connectivity index (χ1v) is 13.4. The molecule has 2 amide bonds. The van der Waals surface area contributed by atoms with E-state index in [2.05, 4.69) is 25.7 Å². The van der Waals surface area contributed by atoms with Crippen molar-refractivity contribution in [3.63, 3.8) is 0 Å². The standard InChI is InChI=1S/C28H44N2O3/c1-4-18-29-19-12-6-5-7-13-20-30(27(31)21-22(2)3)24-15-9-11-17-26(24)33-25-16-10-8-14-23(25)28(29)32/h8,10,14,16,22,24,26H,4-7,9,11-13,15,17-21H2,1-3H3/t24-,26+/m1/s1. The second-order valence-electron chi connectivity index (χ2n) is 10.2. The Morgan fingerprint density at radius 3 is 2.45 bits per heavy atom. The van der Waals surface area contributed by atoms with Crippen molar-refractivity contribution in [2.24, 2.45) is 5.92 Å². The molecule has 0 spiro atoms. The number of carbonyl (C=O) groups is 2.